The van der Waals surface area contributed by atoms with Crippen molar-refractivity contribution in [3.8, 4) is 0 Å². The number of nitrogens with zero attached hydrogens (tertiary/aromatic N) is 1. The summed E-state index contributed by atoms with van der Waals surface area (Å²) in [6.45, 7) is 1.64. The first-order valence-corrected chi connectivity index (χ1v) is 7.26. The second kappa shape index (κ2) is 6.13. The molecule has 1 aromatic carbocycles. The summed E-state index contributed by atoms with van der Waals surface area (Å²) in [5, 5.41) is 0. The molecular formula is C14H20BrFN2. The Morgan fingerprint density at radius 2 is 2.22 bits per heavy atom. The van der Waals surface area contributed by atoms with E-state index in [-0.39, 0.29) is 11.9 Å². The number of likely N-dealkylation sites (N-methyl/N-ethyl adjacent to an activating group) is 1. The third-order valence-electron chi connectivity index (χ3n) is 3.85. The minimum atomic E-state index is -0.226. The molecule has 1 atom stereocenters. The topological polar surface area (TPSA) is 29.3 Å². The van der Waals surface area contributed by atoms with Crippen LogP contribution in [0.15, 0.2) is 22.7 Å². The van der Waals surface area contributed by atoms with Crippen molar-refractivity contribution < 1.29 is 4.39 Å². The van der Waals surface area contributed by atoms with E-state index in [9.17, 15) is 4.39 Å². The number of hydrogen-bond donors (Lipinski definition) is 1. The van der Waals surface area contributed by atoms with Crippen molar-refractivity contribution in [1.82, 2.24) is 4.90 Å². The van der Waals surface area contributed by atoms with Crippen LogP contribution in [-0.4, -0.2) is 25.0 Å². The standard InChI is InChI=1S/C14H20BrFN2/c1-18(9-10-3-2-4-10)14(8-17)11-5-6-13(16)12(15)7-11/h5-7,10,14H,2-4,8-9,17H2,1H3. The van der Waals surface area contributed by atoms with E-state index in [0.717, 1.165) is 18.0 Å². The average molecular weight is 315 g/mol. The van der Waals surface area contributed by atoms with Crippen LogP contribution in [0.25, 0.3) is 0 Å². The van der Waals surface area contributed by atoms with Crippen LogP contribution in [0, 0.1) is 11.7 Å². The van der Waals surface area contributed by atoms with Gasteiger partial charge in [-0.3, -0.25) is 4.90 Å². The van der Waals surface area contributed by atoms with Crippen LogP contribution in [0.3, 0.4) is 0 Å². The summed E-state index contributed by atoms with van der Waals surface area (Å²) in [7, 11) is 2.10. The number of nitrogens with two attached hydrogens (primary N) is 1. The lowest BCUT2D eigenvalue weighted by molar-refractivity contribution is 0.165. The zero-order valence-corrected chi connectivity index (χ0v) is 12.3. The van der Waals surface area contributed by atoms with E-state index in [4.69, 9.17) is 5.73 Å². The van der Waals surface area contributed by atoms with Gasteiger partial charge >= 0.3 is 0 Å². The molecule has 18 heavy (non-hydrogen) atoms. The second-order valence-electron chi connectivity index (χ2n) is 5.16. The summed E-state index contributed by atoms with van der Waals surface area (Å²) in [4.78, 5) is 2.30. The lowest BCUT2D eigenvalue weighted by Gasteiger charge is -2.34. The predicted molar refractivity (Wildman–Crippen MR) is 75.9 cm³/mol. The molecule has 0 aromatic heterocycles. The van der Waals surface area contributed by atoms with Crippen molar-refractivity contribution >= 4 is 15.9 Å². The number of benzene rings is 1. The Hall–Kier alpha value is -0.450. The average Bonchev–Trinajstić information content (AvgIpc) is 2.29. The molecule has 4 heteroatoms. The smallest absolute Gasteiger partial charge is 0.137 e. The fraction of sp³-hybridized carbons (Fsp3) is 0.571. The van der Waals surface area contributed by atoms with Gasteiger partial charge in [0.2, 0.25) is 0 Å². The van der Waals surface area contributed by atoms with Gasteiger partial charge < -0.3 is 5.73 Å². The molecule has 0 heterocycles. The monoisotopic (exact) mass is 314 g/mol. The first kappa shape index (κ1) is 14.0. The molecule has 0 amide bonds. The number of hydrogen-bond acceptors (Lipinski definition) is 2. The molecular weight excluding hydrogens is 295 g/mol. The molecule has 2 rings (SSSR count). The molecule has 1 aliphatic carbocycles. The van der Waals surface area contributed by atoms with Crippen molar-refractivity contribution in [3.05, 3.63) is 34.1 Å². The summed E-state index contributed by atoms with van der Waals surface area (Å²) >= 11 is 3.23. The fourth-order valence-electron chi connectivity index (χ4n) is 2.50. The van der Waals surface area contributed by atoms with E-state index < -0.39 is 0 Å². The molecule has 1 aliphatic rings. The van der Waals surface area contributed by atoms with Gasteiger partial charge in [0.15, 0.2) is 0 Å². The maximum Gasteiger partial charge on any atom is 0.137 e. The Morgan fingerprint density at radius 1 is 1.50 bits per heavy atom. The van der Waals surface area contributed by atoms with E-state index in [2.05, 4.69) is 27.9 Å². The number of rotatable bonds is 5. The molecule has 0 aliphatic heterocycles. The van der Waals surface area contributed by atoms with E-state index in [1.54, 1.807) is 0 Å². The van der Waals surface area contributed by atoms with Gasteiger partial charge in [-0.15, -0.1) is 0 Å². The van der Waals surface area contributed by atoms with Gasteiger partial charge in [0.1, 0.15) is 5.82 Å². The minimum absolute atomic E-state index is 0.169. The molecule has 0 radical (unpaired) electrons. The highest BCUT2D eigenvalue weighted by Gasteiger charge is 2.23. The molecule has 1 fully saturated rings. The second-order valence-corrected chi connectivity index (χ2v) is 6.02. The Morgan fingerprint density at radius 3 is 2.72 bits per heavy atom. The van der Waals surface area contributed by atoms with Crippen LogP contribution < -0.4 is 5.73 Å². The third-order valence-corrected chi connectivity index (χ3v) is 4.46. The Kier molecular flexibility index (Phi) is 4.76. The zero-order chi connectivity index (χ0) is 13.1. The predicted octanol–water partition coefficient (Wildman–Crippen LogP) is 3.32. The summed E-state index contributed by atoms with van der Waals surface area (Å²) in [5.74, 6) is 0.587. The van der Waals surface area contributed by atoms with Gasteiger partial charge in [-0.1, -0.05) is 12.5 Å². The van der Waals surface area contributed by atoms with Crippen LogP contribution in [-0.2, 0) is 0 Å². The largest absolute Gasteiger partial charge is 0.329 e. The van der Waals surface area contributed by atoms with E-state index in [0.29, 0.717) is 11.0 Å². The molecule has 2 N–H and O–H groups in total. The highest BCUT2D eigenvalue weighted by molar-refractivity contribution is 9.10. The summed E-state index contributed by atoms with van der Waals surface area (Å²) in [6, 6.07) is 5.33. The normalized spacial score (nSPS) is 17.8. The van der Waals surface area contributed by atoms with Crippen LogP contribution >= 0.6 is 15.9 Å². The lowest BCUT2D eigenvalue weighted by Crippen LogP contribution is -2.36. The van der Waals surface area contributed by atoms with Crippen LogP contribution in [0.1, 0.15) is 30.9 Å². The molecule has 0 spiro atoms. The van der Waals surface area contributed by atoms with E-state index in [1.165, 1.54) is 25.3 Å². The first-order chi connectivity index (χ1) is 8.61. The Labute approximate surface area is 116 Å². The van der Waals surface area contributed by atoms with Gasteiger partial charge in [0.25, 0.3) is 0 Å². The summed E-state index contributed by atoms with van der Waals surface area (Å²) < 4.78 is 13.8. The Balaban J connectivity index is 2.08. The van der Waals surface area contributed by atoms with Gasteiger partial charge in [-0.05, 0) is 59.4 Å². The van der Waals surface area contributed by atoms with E-state index >= 15 is 0 Å². The van der Waals surface area contributed by atoms with Crippen molar-refractivity contribution in [2.45, 2.75) is 25.3 Å². The van der Waals surface area contributed by atoms with E-state index in [1.807, 2.05) is 12.1 Å². The molecule has 2 nitrogen and oxygen atoms in total. The van der Waals surface area contributed by atoms with Gasteiger partial charge in [-0.2, -0.15) is 0 Å². The van der Waals surface area contributed by atoms with Gasteiger partial charge in [0.05, 0.1) is 4.47 Å². The molecule has 100 valence electrons. The molecule has 0 saturated heterocycles. The maximum atomic E-state index is 13.2. The summed E-state index contributed by atoms with van der Waals surface area (Å²) in [6.07, 6.45) is 4.01. The zero-order valence-electron chi connectivity index (χ0n) is 10.7. The maximum absolute atomic E-state index is 13.2. The first-order valence-electron chi connectivity index (χ1n) is 6.47. The minimum Gasteiger partial charge on any atom is -0.329 e. The van der Waals surface area contributed by atoms with Crippen molar-refractivity contribution in [3.63, 3.8) is 0 Å². The lowest BCUT2D eigenvalue weighted by atomic mass is 9.85. The van der Waals surface area contributed by atoms with Crippen molar-refractivity contribution in [1.29, 1.82) is 0 Å². The highest BCUT2D eigenvalue weighted by atomic mass is 79.9. The fourth-order valence-corrected chi connectivity index (χ4v) is 2.90. The molecule has 1 unspecified atom stereocenters. The van der Waals surface area contributed by atoms with Crippen LogP contribution in [0.5, 0.6) is 0 Å². The molecule has 1 aromatic rings. The number of halogens is 2. The van der Waals surface area contributed by atoms with Crippen LogP contribution in [0.4, 0.5) is 4.39 Å². The van der Waals surface area contributed by atoms with Gasteiger partial charge in [0, 0.05) is 19.1 Å². The molecule has 0 bridgehead atoms. The highest BCUT2D eigenvalue weighted by Crippen LogP contribution is 2.30. The quantitative estimate of drug-likeness (QED) is 0.903. The van der Waals surface area contributed by atoms with Gasteiger partial charge in [-0.25, -0.2) is 4.39 Å². The summed E-state index contributed by atoms with van der Waals surface area (Å²) in [5.41, 5.74) is 6.95. The Bertz CT molecular complexity index is 407. The third kappa shape index (κ3) is 3.11. The van der Waals surface area contributed by atoms with Crippen molar-refractivity contribution in [2.75, 3.05) is 20.1 Å². The molecule has 1 saturated carbocycles. The SMILES string of the molecule is CN(CC1CCC1)C(CN)c1ccc(F)c(Br)c1. The van der Waals surface area contributed by atoms with Crippen molar-refractivity contribution in [2.24, 2.45) is 11.7 Å². The van der Waals surface area contributed by atoms with Crippen LogP contribution in [0.2, 0.25) is 0 Å².